The highest BCUT2D eigenvalue weighted by molar-refractivity contribution is 6.10. The van der Waals surface area contributed by atoms with Gasteiger partial charge < -0.3 is 24.6 Å². The van der Waals surface area contributed by atoms with Crippen LogP contribution in [0.2, 0.25) is 0 Å². The van der Waals surface area contributed by atoms with E-state index >= 15 is 0 Å². The average Bonchev–Trinajstić information content (AvgIpc) is 3.38. The Kier molecular flexibility index (Phi) is 14.0. The highest BCUT2D eigenvalue weighted by Crippen LogP contribution is 2.59. The Morgan fingerprint density at radius 3 is 2.53 bits per heavy atom. The third kappa shape index (κ3) is 10.0. The quantitative estimate of drug-likeness (QED) is 0.142. The minimum atomic E-state index is -4.62. The summed E-state index contributed by atoms with van der Waals surface area (Å²) in [5.41, 5.74) is -0.437. The van der Waals surface area contributed by atoms with Crippen LogP contribution in [0.3, 0.4) is 0 Å². The van der Waals surface area contributed by atoms with Crippen molar-refractivity contribution in [1.82, 2.24) is 4.90 Å². The van der Waals surface area contributed by atoms with Crippen LogP contribution < -0.4 is 0 Å². The molecule has 10 heteroatoms. The summed E-state index contributed by atoms with van der Waals surface area (Å²) in [7, 11) is 1.62. The number of alkyl halides is 3. The van der Waals surface area contributed by atoms with Gasteiger partial charge in [0.05, 0.1) is 23.8 Å². The molecule has 7 nitrogen and oxygen atoms in total. The molecule has 55 heavy (non-hydrogen) atoms. The zero-order valence-corrected chi connectivity index (χ0v) is 33.6. The predicted octanol–water partition coefficient (Wildman–Crippen LogP) is 9.91. The van der Waals surface area contributed by atoms with Crippen molar-refractivity contribution in [2.45, 2.75) is 135 Å². The van der Waals surface area contributed by atoms with Gasteiger partial charge >= 0.3 is 12.3 Å². The Morgan fingerprint density at radius 2 is 1.82 bits per heavy atom. The van der Waals surface area contributed by atoms with Crippen LogP contribution in [0.4, 0.5) is 18.0 Å². The lowest BCUT2D eigenvalue weighted by Crippen LogP contribution is -2.54. The van der Waals surface area contributed by atoms with Crippen LogP contribution >= 0.6 is 0 Å². The standard InChI is InChI=1S/C45H62F3NO6/c1-29(2)36-17-14-31(4)24-40(36)55-42(52)49(22-9-23-54-6)28-44(53)21-19-39-37-18-15-32(25-35(50)16-13-30(3)10-8-20-43(39,44)5)26-38(37)41(51)33-11-7-12-34(27-33)45(46,47)48/h7,10-12,15,18,26-27,29,31,35-36,39-40,50,53H,8-9,13-14,16-17,19-25,28H2,1-6H3. The fourth-order valence-corrected chi connectivity index (χ4v) is 9.59. The summed E-state index contributed by atoms with van der Waals surface area (Å²) in [6.07, 6.45) is 3.14. The Bertz CT molecular complexity index is 1670. The molecule has 7 unspecified atom stereocenters. The molecule has 0 spiro atoms. The maximum Gasteiger partial charge on any atom is 0.416 e. The largest absolute Gasteiger partial charge is 0.446 e. The molecule has 2 aromatic rings. The molecule has 2 fully saturated rings. The second kappa shape index (κ2) is 17.9. The van der Waals surface area contributed by atoms with Gasteiger partial charge in [0.25, 0.3) is 0 Å². The molecule has 6 rings (SSSR count). The van der Waals surface area contributed by atoms with Crippen LogP contribution in [0.15, 0.2) is 54.1 Å². The van der Waals surface area contributed by atoms with E-state index < -0.39 is 40.7 Å². The molecule has 0 aliphatic heterocycles. The number of hydrogen-bond acceptors (Lipinski definition) is 6. The average molecular weight is 770 g/mol. The third-order valence-corrected chi connectivity index (χ3v) is 13.1. The van der Waals surface area contributed by atoms with E-state index in [0.29, 0.717) is 81.1 Å². The first-order valence-corrected chi connectivity index (χ1v) is 20.3. The normalized spacial score (nSPS) is 29.0. The lowest BCUT2D eigenvalue weighted by atomic mass is 9.64. The third-order valence-electron chi connectivity index (χ3n) is 13.1. The van der Waals surface area contributed by atoms with Crippen molar-refractivity contribution in [3.05, 3.63) is 81.9 Å². The lowest BCUT2D eigenvalue weighted by Gasteiger charge is -2.46. The van der Waals surface area contributed by atoms with E-state index in [1.807, 2.05) is 26.0 Å². The Hall–Kier alpha value is -3.21. The monoisotopic (exact) mass is 769 g/mol. The van der Waals surface area contributed by atoms with Crippen molar-refractivity contribution in [1.29, 1.82) is 0 Å². The Morgan fingerprint density at radius 1 is 1.05 bits per heavy atom. The van der Waals surface area contributed by atoms with E-state index in [0.717, 1.165) is 37.0 Å². The van der Waals surface area contributed by atoms with Gasteiger partial charge in [-0.2, -0.15) is 13.2 Å². The molecular formula is C45H62F3NO6. The van der Waals surface area contributed by atoms with Crippen LogP contribution in [0, 0.1) is 23.2 Å². The van der Waals surface area contributed by atoms with Crippen molar-refractivity contribution in [3.63, 3.8) is 0 Å². The van der Waals surface area contributed by atoms with Crippen molar-refractivity contribution in [3.8, 4) is 0 Å². The molecule has 2 aromatic carbocycles. The molecule has 4 aliphatic carbocycles. The van der Waals surface area contributed by atoms with Gasteiger partial charge in [0.15, 0.2) is 5.78 Å². The summed E-state index contributed by atoms with van der Waals surface area (Å²) in [5.74, 6) is 0.152. The molecule has 0 radical (unpaired) electrons. The number of fused-ring (bicyclic) bond motifs is 8. The number of hydrogen-bond donors (Lipinski definition) is 2. The smallest absolute Gasteiger partial charge is 0.416 e. The van der Waals surface area contributed by atoms with Gasteiger partial charge in [-0.1, -0.05) is 70.0 Å². The van der Waals surface area contributed by atoms with Gasteiger partial charge in [0.1, 0.15) is 6.10 Å². The number of methoxy groups -OCH3 is 1. The molecule has 304 valence electrons. The van der Waals surface area contributed by atoms with Gasteiger partial charge in [-0.05, 0) is 124 Å². The number of benzene rings is 2. The van der Waals surface area contributed by atoms with E-state index in [-0.39, 0.29) is 42.0 Å². The summed E-state index contributed by atoms with van der Waals surface area (Å²) < 4.78 is 53.1. The first-order chi connectivity index (χ1) is 26.0. The maximum atomic E-state index is 14.4. The van der Waals surface area contributed by atoms with E-state index in [2.05, 4.69) is 26.8 Å². The number of nitrogens with zero attached hydrogens (tertiary/aromatic N) is 1. The highest BCUT2D eigenvalue weighted by Gasteiger charge is 2.58. The number of carbonyl (C=O) groups is 2. The SMILES string of the molecule is COCCCN(CC1(O)CCC2c3ccc(cc3C(=O)c3cccc(C(F)(F)F)c3)CC(O)CCC(C)=CCCC21C)C(=O)OC1CC(C)CCC1C(C)C. The molecule has 0 saturated heterocycles. The van der Waals surface area contributed by atoms with Gasteiger partial charge in [-0.3, -0.25) is 4.79 Å². The number of ether oxygens (including phenoxy) is 2. The fraction of sp³-hybridized carbons (Fsp3) is 0.644. The zero-order chi connectivity index (χ0) is 40.1. The Balaban J connectivity index is 1.56. The second-order valence-corrected chi connectivity index (χ2v) is 17.4. The van der Waals surface area contributed by atoms with E-state index in [1.165, 1.54) is 12.1 Å². The maximum absolute atomic E-state index is 14.4. The van der Waals surface area contributed by atoms with Crippen molar-refractivity contribution < 1.29 is 42.4 Å². The van der Waals surface area contributed by atoms with Gasteiger partial charge in [0, 0.05) is 36.8 Å². The number of aliphatic hydroxyl groups excluding tert-OH is 1. The number of ketones is 1. The van der Waals surface area contributed by atoms with Gasteiger partial charge in [-0.15, -0.1) is 0 Å². The number of aliphatic hydroxyl groups is 2. The summed E-state index contributed by atoms with van der Waals surface area (Å²) in [6, 6.07) is 9.97. The van der Waals surface area contributed by atoms with E-state index in [9.17, 15) is 33.0 Å². The van der Waals surface area contributed by atoms with Crippen molar-refractivity contribution >= 4 is 11.9 Å². The molecule has 4 aliphatic rings. The summed E-state index contributed by atoms with van der Waals surface area (Å²) >= 11 is 0. The molecule has 1 amide bonds. The van der Waals surface area contributed by atoms with Crippen LogP contribution in [0.1, 0.15) is 137 Å². The Labute approximate surface area is 325 Å². The van der Waals surface area contributed by atoms with Gasteiger partial charge in [-0.25, -0.2) is 4.79 Å². The molecule has 7 atom stereocenters. The fourth-order valence-electron chi connectivity index (χ4n) is 9.59. The minimum Gasteiger partial charge on any atom is -0.446 e. The molecule has 0 aromatic heterocycles. The summed E-state index contributed by atoms with van der Waals surface area (Å²) in [4.78, 5) is 30.2. The first kappa shape index (κ1) is 42.9. The number of rotatable bonds is 10. The molecule has 0 heterocycles. The molecular weight excluding hydrogens is 707 g/mol. The zero-order valence-electron chi connectivity index (χ0n) is 33.6. The minimum absolute atomic E-state index is 0.0288. The van der Waals surface area contributed by atoms with Crippen molar-refractivity contribution in [2.24, 2.45) is 23.2 Å². The predicted molar refractivity (Wildman–Crippen MR) is 208 cm³/mol. The van der Waals surface area contributed by atoms with E-state index in [1.54, 1.807) is 18.1 Å². The summed E-state index contributed by atoms with van der Waals surface area (Å²) in [5, 5.41) is 23.9. The molecule has 2 saturated carbocycles. The number of carbonyl (C=O) groups excluding carboxylic acids is 2. The number of allylic oxidation sites excluding steroid dienone is 2. The topological polar surface area (TPSA) is 96.3 Å². The first-order valence-electron chi connectivity index (χ1n) is 20.3. The highest BCUT2D eigenvalue weighted by atomic mass is 19.4. The molecule has 2 bridgehead atoms. The van der Waals surface area contributed by atoms with E-state index in [4.69, 9.17) is 9.47 Å². The van der Waals surface area contributed by atoms with Crippen LogP contribution in [-0.2, 0) is 22.1 Å². The lowest BCUT2D eigenvalue weighted by molar-refractivity contribution is -0.137. The van der Waals surface area contributed by atoms with Crippen LogP contribution in [-0.4, -0.2) is 71.6 Å². The van der Waals surface area contributed by atoms with Gasteiger partial charge in [0.2, 0.25) is 0 Å². The number of amides is 1. The van der Waals surface area contributed by atoms with Crippen LogP contribution in [0.5, 0.6) is 0 Å². The van der Waals surface area contributed by atoms with Crippen molar-refractivity contribution in [2.75, 3.05) is 26.8 Å². The summed E-state index contributed by atoms with van der Waals surface area (Å²) in [6.45, 7) is 11.4. The number of halogens is 3. The molecule has 2 N–H and O–H groups in total. The second-order valence-electron chi connectivity index (χ2n) is 17.4. The van der Waals surface area contributed by atoms with Crippen LogP contribution in [0.25, 0.3) is 0 Å².